The lowest BCUT2D eigenvalue weighted by atomic mass is 10.1. The molecule has 0 aliphatic heterocycles. The van der Waals surface area contributed by atoms with Crippen molar-refractivity contribution in [2.45, 2.75) is 46.4 Å². The molecule has 1 aromatic heterocycles. The molecule has 0 bridgehead atoms. The Labute approximate surface area is 124 Å². The molecule has 1 heterocycles. The molecule has 2 rings (SSSR count). The molecule has 1 atom stereocenters. The van der Waals surface area contributed by atoms with Crippen LogP contribution in [0, 0.1) is 5.82 Å². The smallest absolute Gasteiger partial charge is 0.130 e. The summed E-state index contributed by atoms with van der Waals surface area (Å²) in [7, 11) is 0. The molecule has 0 fully saturated rings. The second-order valence-electron chi connectivity index (χ2n) is 5.06. The van der Waals surface area contributed by atoms with Gasteiger partial charge in [0, 0.05) is 24.2 Å². The maximum atomic E-state index is 13.4. The number of benzene rings is 1. The predicted molar refractivity (Wildman–Crippen MR) is 80.6 cm³/mol. The summed E-state index contributed by atoms with van der Waals surface area (Å²) in [6.45, 7) is 7.08. The van der Waals surface area contributed by atoms with Crippen LogP contribution in [0.3, 0.4) is 0 Å². The molecule has 0 aliphatic carbocycles. The molecule has 21 heavy (non-hydrogen) atoms. The van der Waals surface area contributed by atoms with E-state index >= 15 is 0 Å². The second-order valence-corrected chi connectivity index (χ2v) is 5.06. The maximum absolute atomic E-state index is 13.4. The first-order valence-electron chi connectivity index (χ1n) is 7.28. The number of halogens is 1. The summed E-state index contributed by atoms with van der Waals surface area (Å²) < 4.78 is 21.1. The van der Waals surface area contributed by atoms with Gasteiger partial charge in [-0.05, 0) is 32.4 Å². The van der Waals surface area contributed by atoms with Crippen LogP contribution in [-0.4, -0.2) is 9.78 Å². The molecule has 5 heteroatoms. The molecule has 0 saturated carbocycles. The van der Waals surface area contributed by atoms with Gasteiger partial charge in [-0.3, -0.25) is 4.68 Å². The molecular weight excluding hydrogens is 269 g/mol. The Morgan fingerprint density at radius 1 is 1.33 bits per heavy atom. The van der Waals surface area contributed by atoms with Gasteiger partial charge in [0.25, 0.3) is 0 Å². The fourth-order valence-corrected chi connectivity index (χ4v) is 2.24. The van der Waals surface area contributed by atoms with Crippen molar-refractivity contribution < 1.29 is 9.13 Å². The van der Waals surface area contributed by atoms with Gasteiger partial charge >= 0.3 is 0 Å². The maximum Gasteiger partial charge on any atom is 0.130 e. The Bertz CT molecular complexity index is 608. The van der Waals surface area contributed by atoms with E-state index in [4.69, 9.17) is 10.5 Å². The summed E-state index contributed by atoms with van der Waals surface area (Å²) in [6, 6.07) is 6.27. The van der Waals surface area contributed by atoms with E-state index in [0.29, 0.717) is 12.4 Å². The lowest BCUT2D eigenvalue weighted by Gasteiger charge is -2.14. The number of hydrogen-bond donors (Lipinski definition) is 1. The third-order valence-electron chi connectivity index (χ3n) is 3.42. The van der Waals surface area contributed by atoms with Crippen LogP contribution >= 0.6 is 0 Å². The monoisotopic (exact) mass is 291 g/mol. The van der Waals surface area contributed by atoms with Crippen molar-refractivity contribution in [1.82, 2.24) is 9.78 Å². The summed E-state index contributed by atoms with van der Waals surface area (Å²) in [6.07, 6.45) is 0.880. The largest absolute Gasteiger partial charge is 0.487 e. The third-order valence-corrected chi connectivity index (χ3v) is 3.42. The number of rotatable bonds is 6. The van der Waals surface area contributed by atoms with E-state index in [2.05, 4.69) is 12.0 Å². The number of aryl methyl sites for hydroxylation is 2. The first-order chi connectivity index (χ1) is 10.0. The number of nitrogens with two attached hydrogens (primary N) is 1. The minimum absolute atomic E-state index is 0.206. The van der Waals surface area contributed by atoms with Gasteiger partial charge in [0.05, 0.1) is 11.4 Å². The van der Waals surface area contributed by atoms with E-state index < -0.39 is 0 Å². The minimum atomic E-state index is -0.326. The average Bonchev–Trinajstić information content (AvgIpc) is 2.87. The summed E-state index contributed by atoms with van der Waals surface area (Å²) in [5.74, 6) is 0.166. The van der Waals surface area contributed by atoms with Gasteiger partial charge in [0.2, 0.25) is 0 Å². The zero-order valence-electron chi connectivity index (χ0n) is 12.8. The van der Waals surface area contributed by atoms with Gasteiger partial charge < -0.3 is 10.5 Å². The van der Waals surface area contributed by atoms with E-state index in [1.54, 1.807) is 6.07 Å². The summed E-state index contributed by atoms with van der Waals surface area (Å²) >= 11 is 0. The Balaban J connectivity index is 2.19. The second kappa shape index (κ2) is 6.72. The molecule has 4 nitrogen and oxygen atoms in total. The Morgan fingerprint density at radius 3 is 2.71 bits per heavy atom. The van der Waals surface area contributed by atoms with E-state index in [1.165, 1.54) is 12.1 Å². The molecular formula is C16H22FN3O. The van der Waals surface area contributed by atoms with E-state index in [9.17, 15) is 4.39 Å². The van der Waals surface area contributed by atoms with Crippen molar-refractivity contribution in [3.8, 4) is 5.75 Å². The standard InChI is InChI=1S/C16H22FN3O/c1-4-13-9-14(20(5-2)19-13)10-21-16-8-12(17)6-7-15(16)11(3)18/h6-9,11H,4-5,10,18H2,1-3H3. The molecule has 114 valence electrons. The fraction of sp³-hybridized carbons (Fsp3) is 0.438. The first-order valence-corrected chi connectivity index (χ1v) is 7.28. The topological polar surface area (TPSA) is 53.1 Å². The van der Waals surface area contributed by atoms with Crippen LogP contribution in [0.5, 0.6) is 5.75 Å². The van der Waals surface area contributed by atoms with Crippen molar-refractivity contribution in [2.24, 2.45) is 5.73 Å². The zero-order chi connectivity index (χ0) is 15.4. The fourth-order valence-electron chi connectivity index (χ4n) is 2.24. The summed E-state index contributed by atoms with van der Waals surface area (Å²) in [5, 5.41) is 4.47. The molecule has 2 aromatic rings. The molecule has 1 aromatic carbocycles. The van der Waals surface area contributed by atoms with Gasteiger partial charge in [0.15, 0.2) is 0 Å². The number of aromatic nitrogens is 2. The Kier molecular flexibility index (Phi) is 4.96. The molecule has 1 unspecified atom stereocenters. The van der Waals surface area contributed by atoms with Crippen molar-refractivity contribution >= 4 is 0 Å². The number of hydrogen-bond acceptors (Lipinski definition) is 3. The molecule has 0 spiro atoms. The Morgan fingerprint density at radius 2 is 2.10 bits per heavy atom. The third kappa shape index (κ3) is 3.61. The molecule has 0 radical (unpaired) electrons. The minimum Gasteiger partial charge on any atom is -0.487 e. The van der Waals surface area contributed by atoms with Crippen molar-refractivity contribution in [1.29, 1.82) is 0 Å². The van der Waals surface area contributed by atoms with E-state index in [0.717, 1.165) is 29.9 Å². The average molecular weight is 291 g/mol. The molecule has 0 saturated heterocycles. The number of nitrogens with zero attached hydrogens (tertiary/aromatic N) is 2. The summed E-state index contributed by atoms with van der Waals surface area (Å²) in [5.41, 5.74) is 8.71. The van der Waals surface area contributed by atoms with Crippen molar-refractivity contribution in [3.63, 3.8) is 0 Å². The van der Waals surface area contributed by atoms with Gasteiger partial charge in [-0.25, -0.2) is 4.39 Å². The molecule has 0 amide bonds. The zero-order valence-corrected chi connectivity index (χ0v) is 12.8. The quantitative estimate of drug-likeness (QED) is 0.889. The van der Waals surface area contributed by atoms with Crippen LogP contribution in [0.1, 0.15) is 43.8 Å². The molecule has 2 N–H and O–H groups in total. The van der Waals surface area contributed by atoms with Crippen LogP contribution < -0.4 is 10.5 Å². The highest BCUT2D eigenvalue weighted by atomic mass is 19.1. The lowest BCUT2D eigenvalue weighted by molar-refractivity contribution is 0.287. The number of ether oxygens (including phenoxy) is 1. The van der Waals surface area contributed by atoms with E-state index in [-0.39, 0.29) is 11.9 Å². The van der Waals surface area contributed by atoms with Crippen LogP contribution in [0.2, 0.25) is 0 Å². The van der Waals surface area contributed by atoms with Crippen LogP contribution in [0.25, 0.3) is 0 Å². The van der Waals surface area contributed by atoms with Gasteiger partial charge in [-0.15, -0.1) is 0 Å². The van der Waals surface area contributed by atoms with E-state index in [1.807, 2.05) is 24.6 Å². The molecule has 0 aliphatic rings. The van der Waals surface area contributed by atoms with Crippen molar-refractivity contribution in [2.75, 3.05) is 0 Å². The highest BCUT2D eigenvalue weighted by Gasteiger charge is 2.12. The first kappa shape index (κ1) is 15.5. The summed E-state index contributed by atoms with van der Waals surface area (Å²) in [4.78, 5) is 0. The van der Waals surface area contributed by atoms with Crippen LogP contribution in [0.4, 0.5) is 4.39 Å². The van der Waals surface area contributed by atoms with Gasteiger partial charge in [-0.1, -0.05) is 13.0 Å². The SMILES string of the molecule is CCc1cc(COc2cc(F)ccc2C(C)N)n(CC)n1. The predicted octanol–water partition coefficient (Wildman–Crippen LogP) is 3.20. The Hall–Kier alpha value is -1.88. The van der Waals surface area contributed by atoms with Crippen LogP contribution in [0.15, 0.2) is 24.3 Å². The van der Waals surface area contributed by atoms with Gasteiger partial charge in [-0.2, -0.15) is 5.10 Å². The lowest BCUT2D eigenvalue weighted by Crippen LogP contribution is -2.10. The van der Waals surface area contributed by atoms with Gasteiger partial charge in [0.1, 0.15) is 18.2 Å². The highest BCUT2D eigenvalue weighted by Crippen LogP contribution is 2.25. The van der Waals surface area contributed by atoms with Crippen LogP contribution in [-0.2, 0) is 19.6 Å². The van der Waals surface area contributed by atoms with Crippen molar-refractivity contribution in [3.05, 3.63) is 47.0 Å². The highest BCUT2D eigenvalue weighted by molar-refractivity contribution is 5.36. The normalized spacial score (nSPS) is 12.4.